The summed E-state index contributed by atoms with van der Waals surface area (Å²) in [5, 5.41) is 8.50. The molecule has 0 aliphatic carbocycles. The van der Waals surface area contributed by atoms with Gasteiger partial charge in [-0.05, 0) is 0 Å². The molecule has 0 heterocycles. The van der Waals surface area contributed by atoms with E-state index >= 15 is 0 Å². The molecule has 1 rings (SSSR count). The van der Waals surface area contributed by atoms with Crippen LogP contribution in [0.5, 0.6) is 0 Å². The molecule has 1 unspecified atom stereocenters. The summed E-state index contributed by atoms with van der Waals surface area (Å²) in [5.41, 5.74) is 1.79. The quantitative estimate of drug-likeness (QED) is 0.492. The third kappa shape index (κ3) is 2.36. The smallest absolute Gasteiger partial charge is 0.344 e. The molecular weight excluding hydrogens is 274 g/mol. The zero-order valence-corrected chi connectivity index (χ0v) is 9.34. The molecule has 1 aromatic rings. The summed E-state index contributed by atoms with van der Waals surface area (Å²) >= 11 is 0. The standard InChI is InChI=1S/C10H7F4NO4/c1-19-10(18)3-6(13)4(11)2(5(12)7(3)14)8(15)9(16)17/h8H,15H2,1H3,(H,16,17). The van der Waals surface area contributed by atoms with Crippen LogP contribution in [-0.4, -0.2) is 24.2 Å². The molecule has 0 aliphatic rings. The Balaban J connectivity index is 3.65. The van der Waals surface area contributed by atoms with Gasteiger partial charge in [-0.3, -0.25) is 4.79 Å². The number of esters is 1. The first kappa shape index (κ1) is 14.9. The number of hydrogen-bond acceptors (Lipinski definition) is 4. The predicted octanol–water partition coefficient (Wildman–Crippen LogP) is 1.11. The molecule has 0 saturated heterocycles. The van der Waals surface area contributed by atoms with Crippen LogP contribution in [0.25, 0.3) is 0 Å². The second-order valence-corrected chi connectivity index (χ2v) is 3.35. The Morgan fingerprint density at radius 3 is 1.84 bits per heavy atom. The maximum atomic E-state index is 13.5. The van der Waals surface area contributed by atoms with Gasteiger partial charge in [0.25, 0.3) is 0 Å². The number of ether oxygens (including phenoxy) is 1. The van der Waals surface area contributed by atoms with Crippen molar-refractivity contribution < 1.29 is 37.0 Å². The number of carbonyl (C=O) groups is 2. The largest absolute Gasteiger partial charge is 0.480 e. The highest BCUT2D eigenvalue weighted by molar-refractivity contribution is 5.90. The lowest BCUT2D eigenvalue weighted by Crippen LogP contribution is -2.26. The highest BCUT2D eigenvalue weighted by Gasteiger charge is 2.34. The average Bonchev–Trinajstić information content (AvgIpc) is 2.36. The van der Waals surface area contributed by atoms with Crippen molar-refractivity contribution in [2.45, 2.75) is 6.04 Å². The van der Waals surface area contributed by atoms with Crippen molar-refractivity contribution in [2.24, 2.45) is 5.73 Å². The third-order valence-electron chi connectivity index (χ3n) is 2.26. The van der Waals surface area contributed by atoms with E-state index in [9.17, 15) is 27.2 Å². The molecule has 19 heavy (non-hydrogen) atoms. The number of methoxy groups -OCH3 is 1. The van der Waals surface area contributed by atoms with E-state index in [4.69, 9.17) is 10.8 Å². The number of carboxylic acids is 1. The first-order valence-electron chi connectivity index (χ1n) is 4.66. The monoisotopic (exact) mass is 281 g/mol. The lowest BCUT2D eigenvalue weighted by Gasteiger charge is -2.13. The summed E-state index contributed by atoms with van der Waals surface area (Å²) in [7, 11) is 0.744. The summed E-state index contributed by atoms with van der Waals surface area (Å²) in [6, 6.07) is -2.32. The highest BCUT2D eigenvalue weighted by atomic mass is 19.2. The van der Waals surface area contributed by atoms with Gasteiger partial charge in [-0.2, -0.15) is 0 Å². The molecule has 1 aromatic carbocycles. The summed E-state index contributed by atoms with van der Waals surface area (Å²) in [6.45, 7) is 0. The molecule has 1 atom stereocenters. The topological polar surface area (TPSA) is 89.6 Å². The molecule has 0 saturated carbocycles. The van der Waals surface area contributed by atoms with E-state index in [1.807, 2.05) is 0 Å². The number of rotatable bonds is 3. The van der Waals surface area contributed by atoms with Gasteiger partial charge in [-0.15, -0.1) is 0 Å². The number of nitrogens with two attached hydrogens (primary N) is 1. The summed E-state index contributed by atoms with van der Waals surface area (Å²) in [4.78, 5) is 21.5. The molecule has 0 bridgehead atoms. The predicted molar refractivity (Wildman–Crippen MR) is 52.2 cm³/mol. The number of benzene rings is 1. The molecule has 0 spiro atoms. The van der Waals surface area contributed by atoms with E-state index < -0.39 is 52.4 Å². The van der Waals surface area contributed by atoms with E-state index in [1.165, 1.54) is 0 Å². The van der Waals surface area contributed by atoms with Crippen molar-refractivity contribution in [1.29, 1.82) is 0 Å². The molecule has 5 nitrogen and oxygen atoms in total. The number of hydrogen-bond donors (Lipinski definition) is 2. The van der Waals surface area contributed by atoms with E-state index in [2.05, 4.69) is 4.74 Å². The van der Waals surface area contributed by atoms with Crippen LogP contribution < -0.4 is 5.73 Å². The van der Waals surface area contributed by atoms with Crippen LogP contribution in [0.1, 0.15) is 22.0 Å². The molecular formula is C10H7F4NO4. The van der Waals surface area contributed by atoms with Gasteiger partial charge >= 0.3 is 11.9 Å². The van der Waals surface area contributed by atoms with Gasteiger partial charge in [0.1, 0.15) is 11.6 Å². The van der Waals surface area contributed by atoms with E-state index in [0.717, 1.165) is 7.11 Å². The SMILES string of the molecule is COC(=O)c1c(F)c(F)c(C(N)C(=O)O)c(F)c1F. The van der Waals surface area contributed by atoms with E-state index in [1.54, 1.807) is 0 Å². The zero-order valence-electron chi connectivity index (χ0n) is 9.34. The number of halogens is 4. The van der Waals surface area contributed by atoms with Crippen molar-refractivity contribution in [3.05, 3.63) is 34.4 Å². The second kappa shape index (κ2) is 5.22. The third-order valence-corrected chi connectivity index (χ3v) is 2.26. The second-order valence-electron chi connectivity index (χ2n) is 3.35. The Morgan fingerprint density at radius 2 is 1.53 bits per heavy atom. The van der Waals surface area contributed by atoms with E-state index in [-0.39, 0.29) is 0 Å². The lowest BCUT2D eigenvalue weighted by atomic mass is 10.0. The highest BCUT2D eigenvalue weighted by Crippen LogP contribution is 2.28. The fourth-order valence-corrected chi connectivity index (χ4v) is 1.33. The normalized spacial score (nSPS) is 12.1. The number of aliphatic carboxylic acids is 1. The first-order chi connectivity index (χ1) is 8.73. The maximum absolute atomic E-state index is 13.5. The van der Waals surface area contributed by atoms with Crippen molar-refractivity contribution in [2.75, 3.05) is 7.11 Å². The van der Waals surface area contributed by atoms with Gasteiger partial charge in [0.05, 0.1) is 12.7 Å². The van der Waals surface area contributed by atoms with E-state index in [0.29, 0.717) is 0 Å². The summed E-state index contributed by atoms with van der Waals surface area (Å²) in [5.74, 6) is -11.8. The van der Waals surface area contributed by atoms with Crippen molar-refractivity contribution in [3.8, 4) is 0 Å². The Morgan fingerprint density at radius 1 is 1.11 bits per heavy atom. The van der Waals surface area contributed by atoms with Crippen LogP contribution in [0, 0.1) is 23.3 Å². The minimum absolute atomic E-state index is 0.744. The van der Waals surface area contributed by atoms with Crippen molar-refractivity contribution in [1.82, 2.24) is 0 Å². The Hall–Kier alpha value is -2.16. The first-order valence-corrected chi connectivity index (χ1v) is 4.66. The summed E-state index contributed by atoms with van der Waals surface area (Å²) in [6.07, 6.45) is 0. The zero-order chi connectivity index (χ0) is 14.9. The van der Waals surface area contributed by atoms with Crippen molar-refractivity contribution >= 4 is 11.9 Å². The minimum atomic E-state index is -2.32. The molecule has 0 aliphatic heterocycles. The average molecular weight is 281 g/mol. The van der Waals surface area contributed by atoms with Crippen LogP contribution in [0.3, 0.4) is 0 Å². The molecule has 9 heteroatoms. The van der Waals surface area contributed by atoms with Gasteiger partial charge in [0.15, 0.2) is 23.3 Å². The van der Waals surface area contributed by atoms with Gasteiger partial charge in [0.2, 0.25) is 0 Å². The minimum Gasteiger partial charge on any atom is -0.480 e. The van der Waals surface area contributed by atoms with Gasteiger partial charge < -0.3 is 15.6 Å². The molecule has 0 radical (unpaired) electrons. The lowest BCUT2D eigenvalue weighted by molar-refractivity contribution is -0.138. The molecule has 0 fully saturated rings. The van der Waals surface area contributed by atoms with Crippen LogP contribution in [0.4, 0.5) is 17.6 Å². The van der Waals surface area contributed by atoms with Crippen LogP contribution >= 0.6 is 0 Å². The maximum Gasteiger partial charge on any atom is 0.344 e. The fraction of sp³-hybridized carbons (Fsp3) is 0.200. The van der Waals surface area contributed by atoms with Gasteiger partial charge in [-0.1, -0.05) is 0 Å². The molecule has 0 amide bonds. The van der Waals surface area contributed by atoms with Gasteiger partial charge in [0, 0.05) is 0 Å². The Bertz CT molecular complexity index is 532. The fourth-order valence-electron chi connectivity index (χ4n) is 1.33. The molecule has 3 N–H and O–H groups in total. The van der Waals surface area contributed by atoms with Crippen molar-refractivity contribution in [3.63, 3.8) is 0 Å². The Labute approximate surface area is 103 Å². The summed E-state index contributed by atoms with van der Waals surface area (Å²) < 4.78 is 57.8. The van der Waals surface area contributed by atoms with Gasteiger partial charge in [-0.25, -0.2) is 22.4 Å². The number of carbonyl (C=O) groups excluding carboxylic acids is 1. The molecule has 0 aromatic heterocycles. The van der Waals surface area contributed by atoms with Crippen LogP contribution in [0.2, 0.25) is 0 Å². The Kier molecular flexibility index (Phi) is 4.10. The van der Waals surface area contributed by atoms with Crippen LogP contribution in [-0.2, 0) is 9.53 Å². The molecule has 104 valence electrons. The number of carboxylic acid groups (broad SMARTS) is 1. The van der Waals surface area contributed by atoms with Crippen LogP contribution in [0.15, 0.2) is 0 Å².